The number of imide groups is 1. The van der Waals surface area contributed by atoms with Crippen LogP contribution in [0, 0.1) is 17.7 Å². The molecule has 0 spiro atoms. The molecule has 0 aliphatic carbocycles. The van der Waals surface area contributed by atoms with E-state index < -0.39 is 41.6 Å². The summed E-state index contributed by atoms with van der Waals surface area (Å²) in [5, 5.41) is 0. The van der Waals surface area contributed by atoms with Crippen LogP contribution in [-0.2, 0) is 9.59 Å². The number of hydrogen-bond donors (Lipinski definition) is 0. The number of halogens is 2. The van der Waals surface area contributed by atoms with Crippen LogP contribution in [-0.4, -0.2) is 47.5 Å². The molecule has 2 amide bonds. The summed E-state index contributed by atoms with van der Waals surface area (Å²) in [7, 11) is 1.51. The van der Waals surface area contributed by atoms with Crippen molar-refractivity contribution in [2.24, 2.45) is 11.8 Å². The number of amides is 2. The number of carbonyl (C=O) groups is 4. The lowest BCUT2D eigenvalue weighted by Gasteiger charge is -2.33. The molecule has 0 N–H and O–H groups in total. The molecule has 7 nitrogen and oxygen atoms in total. The van der Waals surface area contributed by atoms with E-state index in [1.165, 1.54) is 31.4 Å². The lowest BCUT2D eigenvalue weighted by molar-refractivity contribution is -0.123. The maximum atomic E-state index is 14.8. The molecule has 3 aromatic carbocycles. The van der Waals surface area contributed by atoms with E-state index in [-0.39, 0.29) is 17.3 Å². The van der Waals surface area contributed by atoms with Gasteiger partial charge in [-0.3, -0.25) is 19.2 Å². The fourth-order valence-corrected chi connectivity index (χ4v) is 6.36. The molecule has 2 saturated heterocycles. The van der Waals surface area contributed by atoms with Crippen LogP contribution in [0.3, 0.4) is 0 Å². The fraction of sp³-hybridized carbons (Fsp3) is 0.161. The largest absolute Gasteiger partial charge is 0.496 e. The average molecular weight is 601 g/mol. The summed E-state index contributed by atoms with van der Waals surface area (Å²) in [6.45, 7) is 0. The van der Waals surface area contributed by atoms with Gasteiger partial charge in [-0.05, 0) is 52.3 Å². The van der Waals surface area contributed by atoms with Crippen molar-refractivity contribution in [3.8, 4) is 5.75 Å². The number of ether oxygens (including phenoxy) is 1. The first-order valence-corrected chi connectivity index (χ1v) is 13.4. The molecule has 4 atom stereocenters. The summed E-state index contributed by atoms with van der Waals surface area (Å²) in [6, 6.07) is 17.3. The van der Waals surface area contributed by atoms with E-state index >= 15 is 0 Å². The maximum absolute atomic E-state index is 14.8. The van der Waals surface area contributed by atoms with E-state index in [0.717, 1.165) is 4.90 Å². The second-order valence-corrected chi connectivity index (χ2v) is 10.6. The number of benzene rings is 3. The lowest BCUT2D eigenvalue weighted by atomic mass is 9.85. The first-order chi connectivity index (χ1) is 19.3. The number of fused-ring (bicyclic) bond motifs is 3. The molecule has 3 heterocycles. The second-order valence-electron chi connectivity index (χ2n) is 9.74. The van der Waals surface area contributed by atoms with Gasteiger partial charge in [0.05, 0.1) is 35.1 Å². The summed E-state index contributed by atoms with van der Waals surface area (Å²) in [5.74, 6) is -4.16. The summed E-state index contributed by atoms with van der Waals surface area (Å²) >= 11 is 3.40. The number of Topliss-reactive ketones (excluding diaryl/α,β-unsaturated/α-hetero) is 2. The Balaban J connectivity index is 1.44. The zero-order valence-electron chi connectivity index (χ0n) is 21.2. The first kappa shape index (κ1) is 25.9. The Kier molecular flexibility index (Phi) is 6.46. The molecule has 200 valence electrons. The molecule has 9 heteroatoms. The molecule has 0 bridgehead atoms. The van der Waals surface area contributed by atoms with Crippen molar-refractivity contribution >= 4 is 45.0 Å². The van der Waals surface area contributed by atoms with Gasteiger partial charge in [-0.1, -0.05) is 48.5 Å². The van der Waals surface area contributed by atoms with E-state index in [9.17, 15) is 23.6 Å². The third-order valence-corrected chi connectivity index (χ3v) is 8.26. The summed E-state index contributed by atoms with van der Waals surface area (Å²) in [6.07, 6.45) is 4.84. The van der Waals surface area contributed by atoms with Crippen molar-refractivity contribution in [3.05, 3.63) is 118 Å². The first-order valence-electron chi connectivity index (χ1n) is 12.6. The van der Waals surface area contributed by atoms with Crippen molar-refractivity contribution in [1.82, 2.24) is 4.90 Å². The van der Waals surface area contributed by atoms with Crippen LogP contribution in [0.5, 0.6) is 5.75 Å². The SMILES string of the molecule is COc1ccc(C(=O)[C@@H]2[C@H]3C(=O)N(c4ccccc4F)C(=O)[C@@H]3[C@H]3C=C(C(=O)c4ccccc4)C=CN32)cc1Br. The zero-order valence-corrected chi connectivity index (χ0v) is 22.7. The molecule has 0 aromatic heterocycles. The van der Waals surface area contributed by atoms with Gasteiger partial charge in [0, 0.05) is 22.9 Å². The predicted octanol–water partition coefficient (Wildman–Crippen LogP) is 4.97. The Labute approximate surface area is 237 Å². The van der Waals surface area contributed by atoms with Crippen LogP contribution in [0.15, 0.2) is 101 Å². The minimum absolute atomic E-state index is 0.159. The highest BCUT2D eigenvalue weighted by Gasteiger charge is 2.63. The van der Waals surface area contributed by atoms with Crippen LogP contribution in [0.2, 0.25) is 0 Å². The van der Waals surface area contributed by atoms with Gasteiger partial charge in [0.25, 0.3) is 0 Å². The fourth-order valence-electron chi connectivity index (χ4n) is 5.81. The third kappa shape index (κ3) is 4.00. The van der Waals surface area contributed by atoms with Crippen molar-refractivity contribution in [2.75, 3.05) is 12.0 Å². The zero-order chi connectivity index (χ0) is 28.1. The van der Waals surface area contributed by atoms with Gasteiger partial charge in [0.1, 0.15) is 17.6 Å². The van der Waals surface area contributed by atoms with Gasteiger partial charge in [0.2, 0.25) is 11.8 Å². The molecule has 3 aromatic rings. The molecular weight excluding hydrogens is 579 g/mol. The van der Waals surface area contributed by atoms with Gasteiger partial charge >= 0.3 is 0 Å². The summed E-state index contributed by atoms with van der Waals surface area (Å²) in [4.78, 5) is 57.5. The van der Waals surface area contributed by atoms with Crippen molar-refractivity contribution in [2.45, 2.75) is 12.1 Å². The van der Waals surface area contributed by atoms with E-state index in [1.54, 1.807) is 71.8 Å². The second kappa shape index (κ2) is 9.98. The highest BCUT2D eigenvalue weighted by atomic mass is 79.9. The van der Waals surface area contributed by atoms with E-state index in [2.05, 4.69) is 15.9 Å². The number of anilines is 1. The predicted molar refractivity (Wildman–Crippen MR) is 148 cm³/mol. The molecule has 40 heavy (non-hydrogen) atoms. The number of para-hydroxylation sites is 1. The molecule has 2 fully saturated rings. The number of carbonyl (C=O) groups excluding carboxylic acids is 4. The van der Waals surface area contributed by atoms with Crippen LogP contribution >= 0.6 is 15.9 Å². The van der Waals surface area contributed by atoms with Crippen LogP contribution in [0.1, 0.15) is 20.7 Å². The molecule has 0 saturated carbocycles. The third-order valence-electron chi connectivity index (χ3n) is 7.64. The van der Waals surface area contributed by atoms with Gasteiger partial charge in [-0.2, -0.15) is 0 Å². The maximum Gasteiger partial charge on any atom is 0.240 e. The lowest BCUT2D eigenvalue weighted by Crippen LogP contribution is -2.46. The van der Waals surface area contributed by atoms with Crippen molar-refractivity contribution in [1.29, 1.82) is 0 Å². The van der Waals surface area contributed by atoms with Gasteiger partial charge in [0.15, 0.2) is 11.6 Å². The minimum atomic E-state index is -1.09. The smallest absolute Gasteiger partial charge is 0.240 e. The number of rotatable bonds is 6. The van der Waals surface area contributed by atoms with Crippen LogP contribution in [0.4, 0.5) is 10.1 Å². The number of ketones is 2. The number of methoxy groups -OCH3 is 1. The number of allylic oxidation sites excluding steroid dienone is 2. The Morgan fingerprint density at radius 3 is 2.30 bits per heavy atom. The molecular formula is C31H22BrFN2O5. The van der Waals surface area contributed by atoms with Crippen LogP contribution in [0.25, 0.3) is 0 Å². The highest BCUT2D eigenvalue weighted by molar-refractivity contribution is 9.10. The summed E-state index contributed by atoms with van der Waals surface area (Å²) < 4.78 is 20.6. The Morgan fingerprint density at radius 1 is 0.900 bits per heavy atom. The number of hydrogen-bond acceptors (Lipinski definition) is 6. The van der Waals surface area contributed by atoms with E-state index in [0.29, 0.717) is 26.9 Å². The van der Waals surface area contributed by atoms with Gasteiger partial charge in [-0.15, -0.1) is 0 Å². The molecule has 3 aliphatic rings. The highest BCUT2D eigenvalue weighted by Crippen LogP contribution is 2.47. The molecule has 0 radical (unpaired) electrons. The molecule has 0 unspecified atom stereocenters. The van der Waals surface area contributed by atoms with E-state index in [1.807, 2.05) is 0 Å². The van der Waals surface area contributed by atoms with Gasteiger partial charge < -0.3 is 9.64 Å². The minimum Gasteiger partial charge on any atom is -0.496 e. The van der Waals surface area contributed by atoms with Crippen LogP contribution < -0.4 is 9.64 Å². The topological polar surface area (TPSA) is 84.0 Å². The van der Waals surface area contributed by atoms with E-state index in [4.69, 9.17) is 4.74 Å². The summed E-state index contributed by atoms with van der Waals surface area (Å²) in [5.41, 5.74) is 0.966. The Hall–Kier alpha value is -4.37. The molecule has 3 aliphatic heterocycles. The average Bonchev–Trinajstić information content (AvgIpc) is 3.44. The van der Waals surface area contributed by atoms with Gasteiger partial charge in [-0.25, -0.2) is 9.29 Å². The normalized spacial score (nSPS) is 23.1. The quantitative estimate of drug-likeness (QED) is 0.293. The van der Waals surface area contributed by atoms with Crippen molar-refractivity contribution in [3.63, 3.8) is 0 Å². The number of nitrogens with zero attached hydrogens (tertiary/aromatic N) is 2. The molecule has 6 rings (SSSR count). The standard InChI is InChI=1S/C31H22BrFN2O5/c1-40-24-12-11-18(15-20(24)32)29(37)27-26-25(30(38)35(31(26)39)22-10-6-5-9-21(22)33)23-16-19(13-14-34(23)27)28(36)17-7-3-2-4-8-17/h2-16,23,25-27H,1H3/t23-,25-,26+,27+/m1/s1. The monoisotopic (exact) mass is 600 g/mol. The Morgan fingerprint density at radius 2 is 1.60 bits per heavy atom. The van der Waals surface area contributed by atoms with Crippen molar-refractivity contribution < 1.29 is 28.3 Å². The Bertz CT molecular complexity index is 1640.